The number of likely N-dealkylation sites (N-methyl/N-ethyl adjacent to an activating group) is 1. The number of nitrogens with zero attached hydrogens (tertiary/aromatic N) is 2. The third-order valence-electron chi connectivity index (χ3n) is 9.49. The Morgan fingerprint density at radius 1 is 0.900 bits per heavy atom. The van der Waals surface area contributed by atoms with Crippen LogP contribution in [0, 0.1) is 5.92 Å². The van der Waals surface area contributed by atoms with E-state index in [9.17, 15) is 19.5 Å². The molecule has 0 aliphatic heterocycles. The van der Waals surface area contributed by atoms with Crippen LogP contribution in [0.3, 0.4) is 0 Å². The summed E-state index contributed by atoms with van der Waals surface area (Å²) in [6.45, 7) is 4.46. The molecule has 50 heavy (non-hydrogen) atoms. The highest BCUT2D eigenvalue weighted by atomic mass is 16.6. The third-order valence-corrected chi connectivity index (χ3v) is 9.49. The lowest BCUT2D eigenvalue weighted by atomic mass is 9.98. The number of carboxylic acids is 1. The Balaban J connectivity index is 1.28. The number of ether oxygens (including phenoxy) is 2. The maximum atomic E-state index is 14.0. The van der Waals surface area contributed by atoms with Gasteiger partial charge in [-0.15, -0.1) is 0 Å². The van der Waals surface area contributed by atoms with Gasteiger partial charge in [0, 0.05) is 43.0 Å². The molecule has 2 atom stereocenters. The fourth-order valence-electron chi connectivity index (χ4n) is 6.98. The fourth-order valence-corrected chi connectivity index (χ4v) is 6.98. The number of rotatable bonds is 13. The number of amides is 2. The lowest BCUT2D eigenvalue weighted by Crippen LogP contribution is -2.53. The number of nitrogens with one attached hydrogen (secondary N) is 1. The number of carbonyl (C=O) groups is 3. The van der Waals surface area contributed by atoms with Crippen LogP contribution >= 0.6 is 0 Å². The van der Waals surface area contributed by atoms with E-state index in [4.69, 9.17) is 9.47 Å². The van der Waals surface area contributed by atoms with Crippen LogP contribution < -0.4 is 10.1 Å². The van der Waals surface area contributed by atoms with Gasteiger partial charge in [-0.1, -0.05) is 92.7 Å². The van der Waals surface area contributed by atoms with E-state index in [2.05, 4.69) is 34.1 Å². The molecule has 2 N–H and O–H groups in total. The number of fused-ring (bicyclic) bond motifs is 4. The molecule has 1 heterocycles. The van der Waals surface area contributed by atoms with Crippen molar-refractivity contribution in [2.75, 3.05) is 20.8 Å². The quantitative estimate of drug-likeness (QED) is 0.138. The second-order valence-electron chi connectivity index (χ2n) is 13.3. The minimum absolute atomic E-state index is 0.0318. The van der Waals surface area contributed by atoms with E-state index in [1.165, 1.54) is 11.9 Å². The molecule has 5 aromatic rings. The van der Waals surface area contributed by atoms with Gasteiger partial charge in [0.05, 0.1) is 7.11 Å². The van der Waals surface area contributed by atoms with Crippen molar-refractivity contribution in [1.82, 2.24) is 14.8 Å². The molecule has 1 aromatic heterocycles. The van der Waals surface area contributed by atoms with Gasteiger partial charge in [0.15, 0.2) is 0 Å². The molecule has 1 aliphatic carbocycles. The van der Waals surface area contributed by atoms with E-state index < -0.39 is 30.1 Å². The van der Waals surface area contributed by atoms with Crippen LogP contribution in [0.1, 0.15) is 48.4 Å². The predicted octanol–water partition coefficient (Wildman–Crippen LogP) is 7.11. The van der Waals surface area contributed by atoms with Crippen LogP contribution in [-0.4, -0.2) is 65.4 Å². The van der Waals surface area contributed by atoms with E-state index in [0.717, 1.165) is 50.0 Å². The lowest BCUT2D eigenvalue weighted by Gasteiger charge is -2.29. The molecular formula is C41H43N3O6. The van der Waals surface area contributed by atoms with Crippen LogP contribution in [0.5, 0.6) is 5.75 Å². The number of hydrogen-bond donors (Lipinski definition) is 2. The van der Waals surface area contributed by atoms with Crippen molar-refractivity contribution < 1.29 is 29.0 Å². The lowest BCUT2D eigenvalue weighted by molar-refractivity contribution is -0.143. The van der Waals surface area contributed by atoms with Crippen molar-refractivity contribution in [3.8, 4) is 16.9 Å². The Morgan fingerprint density at radius 3 is 2.22 bits per heavy atom. The number of benzene rings is 4. The molecule has 4 aromatic carbocycles. The van der Waals surface area contributed by atoms with Crippen molar-refractivity contribution in [3.63, 3.8) is 0 Å². The molecule has 0 saturated carbocycles. The van der Waals surface area contributed by atoms with Crippen LogP contribution in [0.2, 0.25) is 0 Å². The maximum absolute atomic E-state index is 14.0. The third kappa shape index (κ3) is 7.22. The molecule has 0 radical (unpaired) electrons. The summed E-state index contributed by atoms with van der Waals surface area (Å²) >= 11 is 0. The summed E-state index contributed by atoms with van der Waals surface area (Å²) in [7, 11) is 3.17. The topological polar surface area (TPSA) is 110 Å². The van der Waals surface area contributed by atoms with Crippen LogP contribution in [0.4, 0.5) is 4.79 Å². The van der Waals surface area contributed by atoms with Gasteiger partial charge in [-0.05, 0) is 63.9 Å². The summed E-state index contributed by atoms with van der Waals surface area (Å²) in [6.07, 6.45) is 1.73. The number of hydrogen-bond acceptors (Lipinski definition) is 5. The van der Waals surface area contributed by atoms with E-state index >= 15 is 0 Å². The van der Waals surface area contributed by atoms with Gasteiger partial charge in [-0.2, -0.15) is 0 Å². The fraction of sp³-hybridized carbons (Fsp3) is 0.293. The first-order valence-corrected chi connectivity index (χ1v) is 16.9. The molecule has 258 valence electrons. The Hall–Kier alpha value is -5.57. The van der Waals surface area contributed by atoms with Crippen molar-refractivity contribution in [2.24, 2.45) is 5.92 Å². The summed E-state index contributed by atoms with van der Waals surface area (Å²) in [5.74, 6) is -1.04. The molecule has 0 saturated heterocycles. The molecule has 9 heteroatoms. The van der Waals surface area contributed by atoms with E-state index in [1.54, 1.807) is 7.11 Å². The minimum atomic E-state index is -1.12. The van der Waals surface area contributed by atoms with Gasteiger partial charge in [0.1, 0.15) is 24.4 Å². The second kappa shape index (κ2) is 14.9. The van der Waals surface area contributed by atoms with E-state index in [1.807, 2.05) is 92.8 Å². The largest absolute Gasteiger partial charge is 0.497 e. The number of aromatic nitrogens is 1. The Kier molecular flexibility index (Phi) is 10.2. The first kappa shape index (κ1) is 34.3. The zero-order chi connectivity index (χ0) is 35.4. The van der Waals surface area contributed by atoms with Gasteiger partial charge in [-0.25, -0.2) is 9.59 Å². The summed E-state index contributed by atoms with van der Waals surface area (Å²) < 4.78 is 13.5. The summed E-state index contributed by atoms with van der Waals surface area (Å²) in [6, 6.07) is 29.8. The van der Waals surface area contributed by atoms with Crippen molar-refractivity contribution in [3.05, 3.63) is 126 Å². The average Bonchev–Trinajstić information content (AvgIpc) is 3.63. The zero-order valence-electron chi connectivity index (χ0n) is 28.8. The van der Waals surface area contributed by atoms with E-state index in [-0.39, 0.29) is 31.3 Å². The SMILES string of the molecule is COc1cccc(Cn2cc(C[C@@H](C(=O)N[C@@H](CC(C)C)C(=O)O)N(C)C(=O)OCC3c4ccccc4-c4ccccc43)c3ccccc32)c1. The first-order valence-electron chi connectivity index (χ1n) is 16.9. The van der Waals surface area contributed by atoms with Crippen LogP contribution in [0.25, 0.3) is 22.0 Å². The van der Waals surface area contributed by atoms with Crippen molar-refractivity contribution >= 4 is 28.9 Å². The predicted molar refractivity (Wildman–Crippen MR) is 193 cm³/mol. The van der Waals surface area contributed by atoms with Gasteiger partial charge < -0.3 is 24.5 Å². The van der Waals surface area contributed by atoms with Crippen molar-refractivity contribution in [2.45, 2.75) is 51.2 Å². The minimum Gasteiger partial charge on any atom is -0.497 e. The van der Waals surface area contributed by atoms with E-state index in [0.29, 0.717) is 6.54 Å². The molecule has 1 aliphatic rings. The second-order valence-corrected chi connectivity index (χ2v) is 13.3. The average molecular weight is 674 g/mol. The number of para-hydroxylation sites is 1. The van der Waals surface area contributed by atoms with Crippen molar-refractivity contribution in [1.29, 1.82) is 0 Å². The summed E-state index contributed by atoms with van der Waals surface area (Å²) in [5, 5.41) is 13.6. The highest BCUT2D eigenvalue weighted by molar-refractivity contribution is 5.91. The molecule has 6 rings (SSSR count). The molecule has 0 bridgehead atoms. The molecule has 9 nitrogen and oxygen atoms in total. The smallest absolute Gasteiger partial charge is 0.410 e. The molecule has 0 fully saturated rings. The number of methoxy groups -OCH3 is 1. The highest BCUT2D eigenvalue weighted by Crippen LogP contribution is 2.44. The van der Waals surface area contributed by atoms with Gasteiger partial charge in [-0.3, -0.25) is 9.69 Å². The van der Waals surface area contributed by atoms with Gasteiger partial charge >= 0.3 is 12.1 Å². The molecular weight excluding hydrogens is 630 g/mol. The number of carbonyl (C=O) groups excluding carboxylic acids is 2. The first-order chi connectivity index (χ1) is 24.1. The number of aliphatic carboxylic acids is 1. The monoisotopic (exact) mass is 673 g/mol. The van der Waals surface area contributed by atoms with Crippen LogP contribution in [0.15, 0.2) is 103 Å². The Morgan fingerprint density at radius 2 is 1.56 bits per heavy atom. The Labute approximate surface area is 292 Å². The summed E-state index contributed by atoms with van der Waals surface area (Å²) in [4.78, 5) is 41.3. The zero-order valence-corrected chi connectivity index (χ0v) is 28.8. The summed E-state index contributed by atoms with van der Waals surface area (Å²) in [5.41, 5.74) is 7.25. The molecule has 0 unspecified atom stereocenters. The normalized spacial score (nSPS) is 13.4. The maximum Gasteiger partial charge on any atom is 0.410 e. The standard InChI is InChI=1S/C41H43N3O6/c1-26(2)20-36(40(46)47)42-39(45)38(22-28-24-44(37-19-10-9-14-30(28)37)23-27-12-11-13-29(21-27)49-4)43(3)41(48)50-25-35-33-17-7-5-15-31(33)32-16-6-8-18-34(32)35/h5-19,21,24,26,35-36,38H,20,22-23,25H2,1-4H3,(H,42,45)(H,46,47)/t36-,38-/m0/s1. The van der Waals surface area contributed by atoms with Gasteiger partial charge in [0.2, 0.25) is 5.91 Å². The Bertz CT molecular complexity index is 1970. The highest BCUT2D eigenvalue weighted by Gasteiger charge is 2.34. The molecule has 2 amide bonds. The van der Waals surface area contributed by atoms with Crippen LogP contribution in [-0.2, 0) is 27.3 Å². The number of carboxylic acid groups (broad SMARTS) is 1. The molecule has 0 spiro atoms. The van der Waals surface area contributed by atoms with Gasteiger partial charge in [0.25, 0.3) is 0 Å².